The van der Waals surface area contributed by atoms with Crippen LogP contribution in [0.1, 0.15) is 51.7 Å². The van der Waals surface area contributed by atoms with Gasteiger partial charge in [0.25, 0.3) is 0 Å². The number of rotatable bonds is 5. The van der Waals surface area contributed by atoms with Crippen LogP contribution in [0.3, 0.4) is 0 Å². The third kappa shape index (κ3) is 5.50. The molecule has 6 aromatic carbocycles. The van der Waals surface area contributed by atoms with Crippen LogP contribution in [0.4, 0.5) is 0 Å². The summed E-state index contributed by atoms with van der Waals surface area (Å²) >= 11 is 0. The van der Waals surface area contributed by atoms with Crippen LogP contribution in [0.5, 0.6) is 0 Å². The van der Waals surface area contributed by atoms with Crippen molar-refractivity contribution >= 4 is 10.8 Å². The Bertz CT molecular complexity index is 2280. The maximum atomic E-state index is 5.24. The van der Waals surface area contributed by atoms with Gasteiger partial charge in [-0.15, -0.1) is 0 Å². The number of nitrogens with zero attached hydrogens (tertiary/aromatic N) is 3. The molecule has 1 aromatic heterocycles. The minimum absolute atomic E-state index is 0.0797. The summed E-state index contributed by atoms with van der Waals surface area (Å²) in [5.41, 5.74) is 10.6. The molecule has 0 bridgehead atoms. The molecule has 1 heterocycles. The Hall–Kier alpha value is -5.41. The monoisotopic (exact) mass is 621 g/mol. The van der Waals surface area contributed by atoms with Crippen LogP contribution in [0, 0.1) is 0 Å². The fourth-order valence-corrected chi connectivity index (χ4v) is 7.26. The molecular weight excluding hydrogens is 583 g/mol. The highest BCUT2D eigenvalue weighted by atomic mass is 15.0. The first-order chi connectivity index (χ1) is 23.2. The van der Waals surface area contributed by atoms with E-state index in [-0.39, 0.29) is 10.8 Å². The number of hydrogen-bond donors (Lipinski definition) is 0. The Morgan fingerprint density at radius 3 is 1.67 bits per heavy atom. The van der Waals surface area contributed by atoms with Crippen molar-refractivity contribution in [2.24, 2.45) is 0 Å². The second-order valence-electron chi connectivity index (χ2n) is 14.4. The van der Waals surface area contributed by atoms with Gasteiger partial charge in [0.2, 0.25) is 0 Å². The molecule has 3 heteroatoms. The highest BCUT2D eigenvalue weighted by Crippen LogP contribution is 2.47. The number of fused-ring (bicyclic) bond motifs is 2. The van der Waals surface area contributed by atoms with E-state index in [9.17, 15) is 0 Å². The lowest BCUT2D eigenvalue weighted by molar-refractivity contribution is 0.332. The van der Waals surface area contributed by atoms with Crippen molar-refractivity contribution in [3.05, 3.63) is 151 Å². The number of hydrogen-bond acceptors (Lipinski definition) is 3. The predicted molar refractivity (Wildman–Crippen MR) is 200 cm³/mol. The zero-order valence-corrected chi connectivity index (χ0v) is 28.0. The third-order valence-corrected chi connectivity index (χ3v) is 10.2. The smallest absolute Gasteiger partial charge is 0.164 e. The summed E-state index contributed by atoms with van der Waals surface area (Å²) in [6, 6.07) is 49.5. The molecule has 1 aliphatic carbocycles. The molecule has 0 radical (unpaired) electrons. The van der Waals surface area contributed by atoms with E-state index < -0.39 is 0 Å². The predicted octanol–water partition coefficient (Wildman–Crippen LogP) is 11.7. The van der Waals surface area contributed by atoms with Gasteiger partial charge in [0, 0.05) is 16.7 Å². The summed E-state index contributed by atoms with van der Waals surface area (Å²) in [4.78, 5) is 15.5. The van der Waals surface area contributed by atoms with Crippen LogP contribution >= 0.6 is 0 Å². The lowest BCUT2D eigenvalue weighted by Crippen LogP contribution is -2.33. The molecule has 0 saturated carbocycles. The highest BCUT2D eigenvalue weighted by Gasteiger charge is 2.37. The molecule has 0 aliphatic heterocycles. The van der Waals surface area contributed by atoms with Crippen molar-refractivity contribution in [1.82, 2.24) is 15.0 Å². The van der Waals surface area contributed by atoms with Crippen LogP contribution in [0.25, 0.3) is 67.2 Å². The van der Waals surface area contributed by atoms with E-state index in [1.54, 1.807) is 0 Å². The zero-order valence-electron chi connectivity index (χ0n) is 28.0. The van der Waals surface area contributed by atoms with Gasteiger partial charge in [-0.05, 0) is 92.1 Å². The van der Waals surface area contributed by atoms with E-state index in [4.69, 9.17) is 15.0 Å². The standard InChI is InChI=1S/C45H39N3/c1-44(2)24-25-45(3,4)40-29-33(22-23-39(40)44)42-46-41(32-17-9-6-10-18-32)47-43(48-42)36-27-34(30-14-7-5-8-15-30)26-35(28-36)38-21-13-19-31-16-11-12-20-37(31)38/h5-23,26-29H,24-25H2,1-4H3. The lowest BCUT2D eigenvalue weighted by Gasteiger charge is -2.42. The van der Waals surface area contributed by atoms with Crippen molar-refractivity contribution in [1.29, 1.82) is 0 Å². The maximum Gasteiger partial charge on any atom is 0.164 e. The molecule has 0 saturated heterocycles. The van der Waals surface area contributed by atoms with Crippen LogP contribution in [0.15, 0.2) is 140 Å². The quantitative estimate of drug-likeness (QED) is 0.192. The minimum Gasteiger partial charge on any atom is -0.208 e. The first-order valence-electron chi connectivity index (χ1n) is 16.9. The molecule has 0 amide bonds. The van der Waals surface area contributed by atoms with E-state index >= 15 is 0 Å². The Morgan fingerprint density at radius 1 is 0.396 bits per heavy atom. The van der Waals surface area contributed by atoms with Gasteiger partial charge in [0.15, 0.2) is 17.5 Å². The van der Waals surface area contributed by atoms with Crippen LogP contribution in [-0.2, 0) is 10.8 Å². The number of benzene rings is 6. The zero-order chi connectivity index (χ0) is 32.9. The van der Waals surface area contributed by atoms with Gasteiger partial charge in [-0.1, -0.05) is 143 Å². The summed E-state index contributed by atoms with van der Waals surface area (Å²) < 4.78 is 0. The average molecular weight is 622 g/mol. The lowest BCUT2D eigenvalue weighted by atomic mass is 9.63. The van der Waals surface area contributed by atoms with E-state index in [0.717, 1.165) is 39.8 Å². The molecular formula is C45H39N3. The summed E-state index contributed by atoms with van der Waals surface area (Å²) in [5.74, 6) is 2.03. The average Bonchev–Trinajstić information content (AvgIpc) is 3.13. The minimum atomic E-state index is 0.0797. The van der Waals surface area contributed by atoms with Gasteiger partial charge in [-0.25, -0.2) is 15.0 Å². The van der Waals surface area contributed by atoms with Crippen LogP contribution in [-0.4, -0.2) is 15.0 Å². The van der Waals surface area contributed by atoms with Crippen molar-refractivity contribution in [3.63, 3.8) is 0 Å². The maximum absolute atomic E-state index is 5.24. The van der Waals surface area contributed by atoms with Gasteiger partial charge >= 0.3 is 0 Å². The molecule has 7 aromatic rings. The van der Waals surface area contributed by atoms with Gasteiger partial charge in [-0.3, -0.25) is 0 Å². The summed E-state index contributed by atoms with van der Waals surface area (Å²) in [5, 5.41) is 2.44. The van der Waals surface area contributed by atoms with E-state index in [1.165, 1.54) is 33.9 Å². The highest BCUT2D eigenvalue weighted by molar-refractivity contribution is 5.98. The van der Waals surface area contributed by atoms with Gasteiger partial charge in [0.1, 0.15) is 0 Å². The van der Waals surface area contributed by atoms with Crippen molar-refractivity contribution < 1.29 is 0 Å². The molecule has 0 spiro atoms. The van der Waals surface area contributed by atoms with Gasteiger partial charge in [0.05, 0.1) is 0 Å². The Kier molecular flexibility index (Phi) is 7.29. The van der Waals surface area contributed by atoms with Crippen molar-refractivity contribution in [2.45, 2.75) is 51.4 Å². The molecule has 0 fully saturated rings. The Labute approximate surface area is 283 Å². The van der Waals surface area contributed by atoms with Crippen LogP contribution < -0.4 is 0 Å². The van der Waals surface area contributed by atoms with Gasteiger partial charge in [-0.2, -0.15) is 0 Å². The van der Waals surface area contributed by atoms with Crippen LogP contribution in [0.2, 0.25) is 0 Å². The third-order valence-electron chi connectivity index (χ3n) is 10.2. The van der Waals surface area contributed by atoms with Crippen molar-refractivity contribution in [3.8, 4) is 56.4 Å². The summed E-state index contributed by atoms with van der Waals surface area (Å²) in [7, 11) is 0. The van der Waals surface area contributed by atoms with E-state index in [0.29, 0.717) is 17.5 Å². The second kappa shape index (κ2) is 11.7. The molecule has 0 unspecified atom stereocenters. The first kappa shape index (κ1) is 30.0. The molecule has 8 rings (SSSR count). The molecule has 48 heavy (non-hydrogen) atoms. The summed E-state index contributed by atoms with van der Waals surface area (Å²) in [6.45, 7) is 9.46. The molecule has 234 valence electrons. The molecule has 3 nitrogen and oxygen atoms in total. The SMILES string of the molecule is CC1(C)CCC(C)(C)c2cc(-c3nc(-c4ccccc4)nc(-c4cc(-c5ccccc5)cc(-c5cccc6ccccc56)c4)n3)ccc21. The second-order valence-corrected chi connectivity index (χ2v) is 14.4. The topological polar surface area (TPSA) is 38.7 Å². The molecule has 1 aliphatic rings. The molecule has 0 N–H and O–H groups in total. The van der Waals surface area contributed by atoms with Crippen molar-refractivity contribution in [2.75, 3.05) is 0 Å². The van der Waals surface area contributed by atoms with E-state index in [1.807, 2.05) is 18.2 Å². The summed E-state index contributed by atoms with van der Waals surface area (Å²) in [6.07, 6.45) is 2.33. The number of aromatic nitrogens is 3. The molecule has 0 atom stereocenters. The fourth-order valence-electron chi connectivity index (χ4n) is 7.26. The fraction of sp³-hybridized carbons (Fsp3) is 0.178. The first-order valence-corrected chi connectivity index (χ1v) is 16.9. The Morgan fingerprint density at radius 2 is 0.938 bits per heavy atom. The normalized spacial score (nSPS) is 14.8. The largest absolute Gasteiger partial charge is 0.208 e. The Balaban J connectivity index is 1.36. The van der Waals surface area contributed by atoms with Gasteiger partial charge < -0.3 is 0 Å². The van der Waals surface area contributed by atoms with E-state index in [2.05, 4.69) is 149 Å².